The van der Waals surface area contributed by atoms with Crippen molar-refractivity contribution in [1.29, 1.82) is 0 Å². The molecular formula is C6H10Li3O6. The normalized spacial score (nSPS) is 34.1. The Morgan fingerprint density at radius 2 is 1.53 bits per heavy atom. The molecule has 4 N–H and O–H groups in total. The average molecular weight is 199 g/mol. The molecule has 0 saturated carbocycles. The minimum absolute atomic E-state index is 0. The predicted octanol–water partition coefficient (Wildman–Crippen LogP) is -3.59. The molecule has 0 aromatic carbocycles. The summed E-state index contributed by atoms with van der Waals surface area (Å²) in [6.45, 7) is -0.283. The summed E-state index contributed by atoms with van der Waals surface area (Å²) in [5, 5.41) is 35.4. The zero-order valence-corrected chi connectivity index (χ0v) is 9.12. The van der Waals surface area contributed by atoms with Gasteiger partial charge in [0.2, 0.25) is 0 Å². The molecule has 9 heteroatoms. The number of carboxylic acid groups (broad SMARTS) is 1. The molecule has 1 aliphatic rings. The monoisotopic (exact) mass is 199 g/mol. The summed E-state index contributed by atoms with van der Waals surface area (Å²) in [6, 6.07) is 0. The minimum Gasteiger partial charge on any atom is -0.479 e. The quantitative estimate of drug-likeness (QED) is 0.325. The molecule has 0 amide bonds. The molecule has 0 aliphatic carbocycles. The number of aliphatic hydroxyl groups excluding tert-OH is 3. The van der Waals surface area contributed by atoms with Crippen molar-refractivity contribution < 1.29 is 30.0 Å². The Kier molecular flexibility index (Phi) is 13.1. The number of carbonyl (C=O) groups is 1. The smallest absolute Gasteiger partial charge is 0.335 e. The molecule has 6 nitrogen and oxygen atoms in total. The Labute approximate surface area is 123 Å². The van der Waals surface area contributed by atoms with Crippen LogP contribution in [0.1, 0.15) is 0 Å². The molecule has 1 fully saturated rings. The third-order valence-electron chi connectivity index (χ3n) is 1.74. The molecule has 0 spiro atoms. The number of hydrogen-bond donors (Lipinski definition) is 4. The molecule has 0 bridgehead atoms. The van der Waals surface area contributed by atoms with Crippen LogP contribution in [0.15, 0.2) is 0 Å². The van der Waals surface area contributed by atoms with E-state index in [4.69, 9.17) is 20.4 Å². The molecule has 1 saturated heterocycles. The van der Waals surface area contributed by atoms with Gasteiger partial charge in [-0.2, -0.15) is 0 Å². The Morgan fingerprint density at radius 1 is 1.07 bits per heavy atom. The van der Waals surface area contributed by atoms with Gasteiger partial charge in [0.15, 0.2) is 6.10 Å². The zero-order chi connectivity index (χ0) is 9.30. The van der Waals surface area contributed by atoms with Crippen LogP contribution < -0.4 is 0 Å². The first-order valence-corrected chi connectivity index (χ1v) is 3.42. The molecule has 73 valence electrons. The van der Waals surface area contributed by atoms with Crippen molar-refractivity contribution in [2.75, 3.05) is 6.61 Å². The fraction of sp³-hybridized carbons (Fsp3) is 0.833. The molecule has 0 aromatic rings. The van der Waals surface area contributed by atoms with Gasteiger partial charge < -0.3 is 25.2 Å². The van der Waals surface area contributed by atoms with Crippen molar-refractivity contribution in [2.45, 2.75) is 24.4 Å². The van der Waals surface area contributed by atoms with Crippen LogP contribution in [0.5, 0.6) is 0 Å². The van der Waals surface area contributed by atoms with Crippen LogP contribution in [0.25, 0.3) is 0 Å². The van der Waals surface area contributed by atoms with Crippen LogP contribution >= 0.6 is 0 Å². The predicted molar refractivity (Wildman–Crippen MR) is 52.7 cm³/mol. The fourth-order valence-electron chi connectivity index (χ4n) is 1.02. The van der Waals surface area contributed by atoms with E-state index in [0.717, 1.165) is 0 Å². The Bertz CT molecular complexity index is 192. The van der Waals surface area contributed by atoms with Gasteiger partial charge >= 0.3 is 5.97 Å². The second-order valence-electron chi connectivity index (χ2n) is 2.64. The number of carboxylic acids is 1. The van der Waals surface area contributed by atoms with E-state index in [9.17, 15) is 4.79 Å². The van der Waals surface area contributed by atoms with E-state index in [1.165, 1.54) is 0 Å². The first kappa shape index (κ1) is 21.4. The zero-order valence-electron chi connectivity index (χ0n) is 9.12. The third-order valence-corrected chi connectivity index (χ3v) is 1.74. The SMILES string of the molecule is O=C(O)C1OCC(O)C(O)C1O.[Li].[Li].[Li]. The standard InChI is InChI=1S/C6H10O6.3Li/c7-2-1-12-5(6(10)11)4(9)3(2)8;;;/h2-5,7-9H,1H2,(H,10,11);;;. The number of aliphatic hydroxyl groups is 3. The van der Waals surface area contributed by atoms with Crippen LogP contribution in [0.3, 0.4) is 0 Å². The molecular weight excluding hydrogens is 189 g/mol. The molecule has 4 unspecified atom stereocenters. The maximum atomic E-state index is 10.3. The van der Waals surface area contributed by atoms with Gasteiger partial charge in [0.25, 0.3) is 0 Å². The largest absolute Gasteiger partial charge is 0.479 e. The van der Waals surface area contributed by atoms with Gasteiger partial charge in [-0.15, -0.1) is 0 Å². The van der Waals surface area contributed by atoms with Crippen molar-refractivity contribution >= 4 is 62.6 Å². The molecule has 1 heterocycles. The van der Waals surface area contributed by atoms with Crippen LogP contribution in [0.2, 0.25) is 0 Å². The second-order valence-corrected chi connectivity index (χ2v) is 2.64. The topological polar surface area (TPSA) is 107 Å². The van der Waals surface area contributed by atoms with Crippen molar-refractivity contribution in [2.24, 2.45) is 0 Å². The Morgan fingerprint density at radius 3 is 1.93 bits per heavy atom. The summed E-state index contributed by atoms with van der Waals surface area (Å²) >= 11 is 0. The van der Waals surface area contributed by atoms with Crippen LogP contribution in [-0.4, -0.2) is 114 Å². The van der Waals surface area contributed by atoms with Gasteiger partial charge in [0.05, 0.1) is 6.61 Å². The Balaban J connectivity index is -0.000000480. The maximum Gasteiger partial charge on any atom is 0.335 e. The third kappa shape index (κ3) is 5.31. The van der Waals surface area contributed by atoms with Crippen molar-refractivity contribution in [3.05, 3.63) is 0 Å². The summed E-state index contributed by atoms with van der Waals surface area (Å²) in [5.41, 5.74) is 0. The van der Waals surface area contributed by atoms with E-state index in [0.29, 0.717) is 0 Å². The summed E-state index contributed by atoms with van der Waals surface area (Å²) in [7, 11) is 0. The number of aliphatic carboxylic acids is 1. The van der Waals surface area contributed by atoms with E-state index in [1.807, 2.05) is 0 Å². The first-order chi connectivity index (χ1) is 5.54. The Hall–Kier alpha value is 1.10. The second kappa shape index (κ2) is 9.17. The van der Waals surface area contributed by atoms with Gasteiger partial charge in [-0.1, -0.05) is 0 Å². The molecule has 1 aliphatic heterocycles. The summed E-state index contributed by atoms with van der Waals surface area (Å²) in [6.07, 6.45) is -5.72. The van der Waals surface area contributed by atoms with Gasteiger partial charge in [0.1, 0.15) is 18.3 Å². The van der Waals surface area contributed by atoms with Gasteiger partial charge in [-0.05, 0) is 0 Å². The van der Waals surface area contributed by atoms with Crippen LogP contribution in [0, 0.1) is 0 Å². The summed E-state index contributed by atoms with van der Waals surface area (Å²) < 4.78 is 4.57. The van der Waals surface area contributed by atoms with Gasteiger partial charge in [-0.25, -0.2) is 4.79 Å². The number of hydrogen-bond acceptors (Lipinski definition) is 5. The number of rotatable bonds is 1. The van der Waals surface area contributed by atoms with Gasteiger partial charge in [-0.3, -0.25) is 0 Å². The van der Waals surface area contributed by atoms with Crippen molar-refractivity contribution in [3.8, 4) is 0 Å². The minimum atomic E-state index is -1.58. The molecule has 4 atom stereocenters. The van der Waals surface area contributed by atoms with E-state index in [2.05, 4.69) is 4.74 Å². The van der Waals surface area contributed by atoms with Gasteiger partial charge in [0, 0.05) is 56.6 Å². The van der Waals surface area contributed by atoms with Crippen LogP contribution in [0.4, 0.5) is 0 Å². The van der Waals surface area contributed by atoms with E-state index < -0.39 is 30.4 Å². The fourth-order valence-corrected chi connectivity index (χ4v) is 1.02. The maximum absolute atomic E-state index is 10.3. The summed E-state index contributed by atoms with van der Waals surface area (Å²) in [4.78, 5) is 10.3. The molecule has 1 rings (SSSR count). The van der Waals surface area contributed by atoms with E-state index >= 15 is 0 Å². The van der Waals surface area contributed by atoms with Crippen molar-refractivity contribution in [1.82, 2.24) is 0 Å². The van der Waals surface area contributed by atoms with E-state index in [-0.39, 0.29) is 63.2 Å². The summed E-state index contributed by atoms with van der Waals surface area (Å²) in [5.74, 6) is -1.35. The first-order valence-electron chi connectivity index (χ1n) is 3.42. The van der Waals surface area contributed by atoms with E-state index in [1.54, 1.807) is 0 Å². The van der Waals surface area contributed by atoms with Crippen LogP contribution in [-0.2, 0) is 9.53 Å². The molecule has 0 aromatic heterocycles. The van der Waals surface area contributed by atoms with Crippen molar-refractivity contribution in [3.63, 3.8) is 0 Å². The average Bonchev–Trinajstić information content (AvgIpc) is 2.00. The molecule has 15 heavy (non-hydrogen) atoms. The molecule has 3 radical (unpaired) electrons. The number of ether oxygens (including phenoxy) is 1.